The standard InChI is InChI=1S/C13H18BrFN2O/c1-9(17-13(18)3-2-6-16)7-10-4-5-12(15)11(14)8-10/h4-5,8-9H,2-3,6-7,16H2,1H3,(H,17,18). The predicted molar refractivity (Wildman–Crippen MR) is 73.7 cm³/mol. The van der Waals surface area contributed by atoms with Gasteiger partial charge in [-0.25, -0.2) is 4.39 Å². The molecule has 1 aromatic rings. The third-order valence-electron chi connectivity index (χ3n) is 2.54. The molecule has 1 amide bonds. The second kappa shape index (κ2) is 7.48. The Bertz CT molecular complexity index is 412. The topological polar surface area (TPSA) is 55.1 Å². The minimum atomic E-state index is -0.279. The molecule has 0 radical (unpaired) electrons. The molecule has 0 saturated heterocycles. The molecule has 0 fully saturated rings. The Morgan fingerprint density at radius 3 is 2.89 bits per heavy atom. The lowest BCUT2D eigenvalue weighted by molar-refractivity contribution is -0.121. The summed E-state index contributed by atoms with van der Waals surface area (Å²) in [6.45, 7) is 2.45. The van der Waals surface area contributed by atoms with Crippen molar-refractivity contribution in [2.75, 3.05) is 6.54 Å². The van der Waals surface area contributed by atoms with E-state index in [-0.39, 0.29) is 17.8 Å². The molecule has 0 aliphatic carbocycles. The van der Waals surface area contributed by atoms with Crippen LogP contribution in [0.15, 0.2) is 22.7 Å². The van der Waals surface area contributed by atoms with Crippen LogP contribution in [0.1, 0.15) is 25.3 Å². The van der Waals surface area contributed by atoms with E-state index in [1.54, 1.807) is 12.1 Å². The summed E-state index contributed by atoms with van der Waals surface area (Å²) in [5, 5.41) is 2.89. The highest BCUT2D eigenvalue weighted by Crippen LogP contribution is 2.17. The zero-order chi connectivity index (χ0) is 13.5. The van der Waals surface area contributed by atoms with Crippen molar-refractivity contribution in [3.63, 3.8) is 0 Å². The van der Waals surface area contributed by atoms with Gasteiger partial charge < -0.3 is 11.1 Å². The van der Waals surface area contributed by atoms with Gasteiger partial charge in [-0.3, -0.25) is 4.79 Å². The molecule has 1 aromatic carbocycles. The summed E-state index contributed by atoms with van der Waals surface area (Å²) in [7, 11) is 0. The first-order chi connectivity index (χ1) is 8.52. The van der Waals surface area contributed by atoms with E-state index in [2.05, 4.69) is 21.2 Å². The lowest BCUT2D eigenvalue weighted by atomic mass is 10.1. The summed E-state index contributed by atoms with van der Waals surface area (Å²) >= 11 is 3.14. The molecule has 5 heteroatoms. The molecule has 0 spiro atoms. The normalized spacial score (nSPS) is 12.2. The lowest BCUT2D eigenvalue weighted by Gasteiger charge is -2.14. The molecule has 0 bridgehead atoms. The van der Waals surface area contributed by atoms with Crippen molar-refractivity contribution in [2.45, 2.75) is 32.2 Å². The van der Waals surface area contributed by atoms with E-state index >= 15 is 0 Å². The van der Waals surface area contributed by atoms with Gasteiger partial charge in [0.05, 0.1) is 4.47 Å². The molecule has 100 valence electrons. The van der Waals surface area contributed by atoms with Crippen molar-refractivity contribution in [1.82, 2.24) is 5.32 Å². The van der Waals surface area contributed by atoms with Crippen molar-refractivity contribution in [3.05, 3.63) is 34.1 Å². The van der Waals surface area contributed by atoms with Gasteiger partial charge in [-0.15, -0.1) is 0 Å². The fraction of sp³-hybridized carbons (Fsp3) is 0.462. The Labute approximate surface area is 115 Å². The Morgan fingerprint density at radius 1 is 1.56 bits per heavy atom. The van der Waals surface area contributed by atoms with Crippen LogP contribution in [0.4, 0.5) is 4.39 Å². The lowest BCUT2D eigenvalue weighted by Crippen LogP contribution is -2.34. The number of carbonyl (C=O) groups is 1. The molecule has 1 atom stereocenters. The average molecular weight is 317 g/mol. The first kappa shape index (κ1) is 15.1. The zero-order valence-electron chi connectivity index (χ0n) is 10.4. The average Bonchev–Trinajstić information content (AvgIpc) is 2.31. The largest absolute Gasteiger partial charge is 0.353 e. The van der Waals surface area contributed by atoms with E-state index in [0.29, 0.717) is 30.3 Å². The molecule has 0 aromatic heterocycles. The molecular formula is C13H18BrFN2O. The molecular weight excluding hydrogens is 299 g/mol. The number of rotatable bonds is 6. The fourth-order valence-corrected chi connectivity index (χ4v) is 2.11. The van der Waals surface area contributed by atoms with Crippen LogP contribution in [0.5, 0.6) is 0 Å². The molecule has 3 N–H and O–H groups in total. The van der Waals surface area contributed by atoms with E-state index in [0.717, 1.165) is 5.56 Å². The number of benzene rings is 1. The summed E-state index contributed by atoms with van der Waals surface area (Å²) < 4.78 is 13.5. The van der Waals surface area contributed by atoms with E-state index in [9.17, 15) is 9.18 Å². The monoisotopic (exact) mass is 316 g/mol. The number of hydrogen-bond acceptors (Lipinski definition) is 2. The highest BCUT2D eigenvalue weighted by atomic mass is 79.9. The van der Waals surface area contributed by atoms with E-state index in [1.807, 2.05) is 6.92 Å². The van der Waals surface area contributed by atoms with Crippen molar-refractivity contribution in [3.8, 4) is 0 Å². The van der Waals surface area contributed by atoms with E-state index in [4.69, 9.17) is 5.73 Å². The molecule has 0 aliphatic heterocycles. The van der Waals surface area contributed by atoms with Gasteiger partial charge in [0, 0.05) is 12.5 Å². The molecule has 1 rings (SSSR count). The van der Waals surface area contributed by atoms with Gasteiger partial charge in [-0.2, -0.15) is 0 Å². The molecule has 18 heavy (non-hydrogen) atoms. The molecule has 0 heterocycles. The Balaban J connectivity index is 2.46. The zero-order valence-corrected chi connectivity index (χ0v) is 12.0. The van der Waals surface area contributed by atoms with Gasteiger partial charge >= 0.3 is 0 Å². The highest BCUT2D eigenvalue weighted by molar-refractivity contribution is 9.10. The smallest absolute Gasteiger partial charge is 0.220 e. The number of hydrogen-bond donors (Lipinski definition) is 2. The van der Waals surface area contributed by atoms with Crippen LogP contribution < -0.4 is 11.1 Å². The fourth-order valence-electron chi connectivity index (χ4n) is 1.68. The van der Waals surface area contributed by atoms with Gasteiger partial charge in [0.15, 0.2) is 0 Å². The van der Waals surface area contributed by atoms with Crippen LogP contribution in [0.3, 0.4) is 0 Å². The van der Waals surface area contributed by atoms with Crippen molar-refractivity contribution >= 4 is 21.8 Å². The SMILES string of the molecule is CC(Cc1ccc(F)c(Br)c1)NC(=O)CCCN. The Morgan fingerprint density at radius 2 is 2.28 bits per heavy atom. The maximum absolute atomic E-state index is 13.1. The number of nitrogens with two attached hydrogens (primary N) is 1. The van der Waals surface area contributed by atoms with Gasteiger partial charge in [0.25, 0.3) is 0 Å². The summed E-state index contributed by atoms with van der Waals surface area (Å²) in [4.78, 5) is 11.5. The van der Waals surface area contributed by atoms with Gasteiger partial charge in [-0.05, 0) is 59.9 Å². The number of halogens is 2. The third-order valence-corrected chi connectivity index (χ3v) is 3.15. The molecule has 0 saturated carbocycles. The van der Waals surface area contributed by atoms with Crippen LogP contribution >= 0.6 is 15.9 Å². The second-order valence-electron chi connectivity index (χ2n) is 4.31. The van der Waals surface area contributed by atoms with Crippen LogP contribution in [-0.4, -0.2) is 18.5 Å². The summed E-state index contributed by atoms with van der Waals surface area (Å²) in [5.74, 6) is -0.271. The first-order valence-corrected chi connectivity index (χ1v) is 6.75. The minimum Gasteiger partial charge on any atom is -0.353 e. The number of amides is 1. The van der Waals surface area contributed by atoms with Crippen molar-refractivity contribution < 1.29 is 9.18 Å². The summed E-state index contributed by atoms with van der Waals surface area (Å²) in [6, 6.07) is 4.90. The third kappa shape index (κ3) is 5.14. The number of carbonyl (C=O) groups excluding carboxylic acids is 1. The van der Waals surface area contributed by atoms with Crippen LogP contribution in [0.2, 0.25) is 0 Å². The molecule has 1 unspecified atom stereocenters. The molecule has 0 aliphatic rings. The quantitative estimate of drug-likeness (QED) is 0.846. The van der Waals surface area contributed by atoms with Gasteiger partial charge in [0.2, 0.25) is 5.91 Å². The maximum atomic E-state index is 13.1. The number of nitrogens with one attached hydrogen (secondary N) is 1. The molecule has 3 nitrogen and oxygen atoms in total. The maximum Gasteiger partial charge on any atom is 0.220 e. The summed E-state index contributed by atoms with van der Waals surface area (Å²) in [6.07, 6.45) is 1.82. The Kier molecular flexibility index (Phi) is 6.29. The van der Waals surface area contributed by atoms with E-state index < -0.39 is 0 Å². The van der Waals surface area contributed by atoms with Crippen molar-refractivity contribution in [2.24, 2.45) is 5.73 Å². The van der Waals surface area contributed by atoms with Crippen LogP contribution in [-0.2, 0) is 11.2 Å². The predicted octanol–water partition coefficient (Wildman–Crippen LogP) is 2.37. The van der Waals surface area contributed by atoms with E-state index in [1.165, 1.54) is 6.07 Å². The van der Waals surface area contributed by atoms with Crippen molar-refractivity contribution in [1.29, 1.82) is 0 Å². The Hall–Kier alpha value is -0.940. The van der Waals surface area contributed by atoms with Gasteiger partial charge in [-0.1, -0.05) is 6.07 Å². The van der Waals surface area contributed by atoms with Crippen LogP contribution in [0.25, 0.3) is 0 Å². The highest BCUT2D eigenvalue weighted by Gasteiger charge is 2.09. The van der Waals surface area contributed by atoms with Crippen LogP contribution in [0, 0.1) is 5.82 Å². The van der Waals surface area contributed by atoms with Gasteiger partial charge in [0.1, 0.15) is 5.82 Å². The minimum absolute atomic E-state index is 0.00845. The summed E-state index contributed by atoms with van der Waals surface area (Å²) in [5.41, 5.74) is 6.32. The first-order valence-electron chi connectivity index (χ1n) is 5.96. The second-order valence-corrected chi connectivity index (χ2v) is 5.17.